The molecule has 0 heterocycles. The number of hydrogen-bond donors (Lipinski definition) is 0. The van der Waals surface area contributed by atoms with Gasteiger partial charge in [-0.05, 0) is 125 Å². The molecular weight excluding hydrogens is 609 g/mol. The van der Waals surface area contributed by atoms with Crippen LogP contribution in [-0.4, -0.2) is 12.6 Å². The largest absolute Gasteiger partial charge is 0.463 e. The highest BCUT2D eigenvalue weighted by molar-refractivity contribution is 6.25. The molecule has 1 aliphatic carbocycles. The van der Waals surface area contributed by atoms with E-state index in [9.17, 15) is 4.79 Å². The van der Waals surface area contributed by atoms with Gasteiger partial charge in [0.25, 0.3) is 0 Å². The zero-order chi connectivity index (χ0) is 34.8. The Hall–Kier alpha value is -5.21. The highest BCUT2D eigenvalue weighted by Crippen LogP contribution is 2.51. The first kappa shape index (κ1) is 32.0. The highest BCUT2D eigenvalue weighted by Gasteiger charge is 2.36. The van der Waals surface area contributed by atoms with Gasteiger partial charge in [0.1, 0.15) is 0 Å². The van der Waals surface area contributed by atoms with Crippen molar-refractivity contribution in [3.05, 3.63) is 144 Å². The minimum Gasteiger partial charge on any atom is -0.463 e. The zero-order valence-electron chi connectivity index (χ0n) is 29.8. The summed E-state index contributed by atoms with van der Waals surface area (Å²) in [4.78, 5) is 11.3. The number of fused-ring (bicyclic) bond motifs is 3. The predicted molar refractivity (Wildman–Crippen MR) is 211 cm³/mol. The van der Waals surface area contributed by atoms with Gasteiger partial charge >= 0.3 is 5.97 Å². The van der Waals surface area contributed by atoms with Gasteiger partial charge in [-0.2, -0.15) is 0 Å². The van der Waals surface area contributed by atoms with Crippen LogP contribution in [0, 0.1) is 0 Å². The minimum absolute atomic E-state index is 0.0995. The number of ether oxygens (including phenoxy) is 1. The molecule has 0 aromatic heterocycles. The van der Waals surface area contributed by atoms with Crippen molar-refractivity contribution in [2.75, 3.05) is 6.61 Å². The summed E-state index contributed by atoms with van der Waals surface area (Å²) in [6.07, 6.45) is 4.00. The van der Waals surface area contributed by atoms with Gasteiger partial charge in [0, 0.05) is 11.5 Å². The second-order valence-corrected chi connectivity index (χ2v) is 15.6. The summed E-state index contributed by atoms with van der Waals surface area (Å²) in [7, 11) is 0. The van der Waals surface area contributed by atoms with Crippen molar-refractivity contribution in [2.24, 2.45) is 0 Å². The molecule has 1 aliphatic rings. The maximum Gasteiger partial charge on any atom is 0.330 e. The van der Waals surface area contributed by atoms with Crippen molar-refractivity contribution in [2.45, 2.75) is 64.7 Å². The third-order valence-corrected chi connectivity index (χ3v) is 11.0. The van der Waals surface area contributed by atoms with Gasteiger partial charge in [0.15, 0.2) is 0 Å². The quantitative estimate of drug-likeness (QED) is 0.0707. The second-order valence-electron chi connectivity index (χ2n) is 15.6. The number of carbonyl (C=O) groups excluding carboxylic acids is 1. The topological polar surface area (TPSA) is 26.3 Å². The summed E-state index contributed by atoms with van der Waals surface area (Å²) in [5.41, 5.74) is 13.1. The van der Waals surface area contributed by atoms with Crippen LogP contribution in [0.2, 0.25) is 0 Å². The van der Waals surface area contributed by atoms with Crippen molar-refractivity contribution in [3.8, 4) is 33.4 Å². The molecule has 2 heteroatoms. The number of unbranched alkanes of at least 4 members (excludes halogenated alkanes) is 1. The number of aryl methyl sites for hydroxylation is 1. The van der Waals surface area contributed by atoms with E-state index < -0.39 is 0 Å². The molecule has 0 spiro atoms. The Morgan fingerprint density at radius 2 is 1.24 bits per heavy atom. The minimum atomic E-state index is -0.353. The summed E-state index contributed by atoms with van der Waals surface area (Å²) in [5.74, 6) is -0.353. The normalized spacial score (nSPS) is 13.5. The first-order valence-corrected chi connectivity index (χ1v) is 17.9. The first-order valence-electron chi connectivity index (χ1n) is 17.9. The Morgan fingerprint density at radius 3 is 1.92 bits per heavy atom. The molecule has 0 N–H and O–H groups in total. The van der Waals surface area contributed by atoms with E-state index in [1.54, 1.807) is 0 Å². The molecule has 0 unspecified atom stereocenters. The SMILES string of the molecule is C=CC(=O)OCCCCc1ccc(-c2ccc3c(c2)C(C)(C)c2cc(-c4ccc5ccc6cc(C(C)(C)C)cc7ccc4c5c67)ccc2-3)cc1. The Labute approximate surface area is 295 Å². The molecule has 2 nitrogen and oxygen atoms in total. The van der Waals surface area contributed by atoms with Crippen LogP contribution >= 0.6 is 0 Å². The molecule has 7 aromatic carbocycles. The molecule has 0 fully saturated rings. The van der Waals surface area contributed by atoms with E-state index in [-0.39, 0.29) is 16.8 Å². The Bertz CT molecular complexity index is 2420. The van der Waals surface area contributed by atoms with Gasteiger partial charge in [0.05, 0.1) is 6.61 Å². The van der Waals surface area contributed by atoms with Gasteiger partial charge in [-0.1, -0.05) is 138 Å². The van der Waals surface area contributed by atoms with E-state index in [4.69, 9.17) is 4.74 Å². The molecule has 0 bridgehead atoms. The summed E-state index contributed by atoms with van der Waals surface area (Å²) >= 11 is 0. The maximum absolute atomic E-state index is 11.3. The van der Waals surface area contributed by atoms with E-state index in [0.717, 1.165) is 19.3 Å². The van der Waals surface area contributed by atoms with Gasteiger partial charge in [-0.25, -0.2) is 4.79 Å². The Balaban J connectivity index is 1.10. The molecule has 0 saturated carbocycles. The first-order chi connectivity index (χ1) is 24.0. The number of rotatable bonds is 8. The molecule has 0 saturated heterocycles. The molecule has 8 rings (SSSR count). The predicted octanol–water partition coefficient (Wildman–Crippen LogP) is 12.6. The molecule has 248 valence electrons. The molecule has 0 atom stereocenters. The average molecular weight is 653 g/mol. The number of esters is 1. The van der Waals surface area contributed by atoms with Crippen LogP contribution in [0.3, 0.4) is 0 Å². The number of carbonyl (C=O) groups is 1. The molecular formula is C48H44O2. The number of benzene rings is 7. The lowest BCUT2D eigenvalue weighted by molar-refractivity contribution is -0.137. The van der Waals surface area contributed by atoms with E-state index in [1.165, 1.54) is 94.0 Å². The molecule has 50 heavy (non-hydrogen) atoms. The zero-order valence-corrected chi connectivity index (χ0v) is 29.8. The van der Waals surface area contributed by atoms with E-state index in [2.05, 4.69) is 150 Å². The van der Waals surface area contributed by atoms with Crippen molar-refractivity contribution in [1.29, 1.82) is 0 Å². The lowest BCUT2D eigenvalue weighted by Crippen LogP contribution is -2.15. The third kappa shape index (κ3) is 5.39. The number of hydrogen-bond acceptors (Lipinski definition) is 2. The summed E-state index contributed by atoms with van der Waals surface area (Å²) in [6, 6.07) is 41.7. The van der Waals surface area contributed by atoms with Crippen LogP contribution in [0.25, 0.3) is 65.7 Å². The fourth-order valence-corrected chi connectivity index (χ4v) is 8.12. The fraction of sp³-hybridized carbons (Fsp3) is 0.229. The van der Waals surface area contributed by atoms with Gasteiger partial charge in [-0.15, -0.1) is 0 Å². The maximum atomic E-state index is 11.3. The van der Waals surface area contributed by atoms with Crippen LogP contribution in [0.1, 0.15) is 69.7 Å². The van der Waals surface area contributed by atoms with E-state index in [0.29, 0.717) is 6.61 Å². The van der Waals surface area contributed by atoms with Crippen LogP contribution < -0.4 is 0 Å². The van der Waals surface area contributed by atoms with Crippen LogP contribution in [0.5, 0.6) is 0 Å². The van der Waals surface area contributed by atoms with Crippen LogP contribution in [0.4, 0.5) is 0 Å². The van der Waals surface area contributed by atoms with Gasteiger partial charge in [-0.3, -0.25) is 0 Å². The summed E-state index contributed by atoms with van der Waals surface area (Å²) in [5, 5.41) is 8.00. The third-order valence-electron chi connectivity index (χ3n) is 11.0. The van der Waals surface area contributed by atoms with Gasteiger partial charge < -0.3 is 4.74 Å². The fourth-order valence-electron chi connectivity index (χ4n) is 8.12. The molecule has 0 aliphatic heterocycles. The second kappa shape index (κ2) is 12.0. The van der Waals surface area contributed by atoms with Gasteiger partial charge in [0.2, 0.25) is 0 Å². The lowest BCUT2D eigenvalue weighted by Gasteiger charge is -2.23. The van der Waals surface area contributed by atoms with Crippen LogP contribution in [0.15, 0.2) is 122 Å². The van der Waals surface area contributed by atoms with Crippen molar-refractivity contribution in [1.82, 2.24) is 0 Å². The summed E-state index contributed by atoms with van der Waals surface area (Å²) < 4.78 is 5.11. The Morgan fingerprint density at radius 1 is 0.660 bits per heavy atom. The molecule has 0 radical (unpaired) electrons. The average Bonchev–Trinajstić information content (AvgIpc) is 3.34. The summed E-state index contributed by atoms with van der Waals surface area (Å²) in [6.45, 7) is 15.5. The molecule has 7 aromatic rings. The standard InChI is InChI=1S/C48H44O2/c1-7-44(49)50-25-9-8-10-30-11-13-31(14-12-30)33-18-22-39-40-23-19-34(29-43(40)48(5,6)42(39)28-33)38-21-17-32-15-16-35-26-37(47(2,3)4)27-36-20-24-41(38)46(32)45(35)36/h7,11-24,26-29H,1,8-10,25H2,2-6H3. The molecule has 0 amide bonds. The van der Waals surface area contributed by atoms with Crippen molar-refractivity contribution >= 4 is 38.3 Å². The monoisotopic (exact) mass is 652 g/mol. The van der Waals surface area contributed by atoms with E-state index in [1.807, 2.05) is 0 Å². The van der Waals surface area contributed by atoms with Crippen molar-refractivity contribution in [3.63, 3.8) is 0 Å². The lowest BCUT2D eigenvalue weighted by atomic mass is 9.80. The van der Waals surface area contributed by atoms with Crippen LogP contribution in [-0.2, 0) is 26.8 Å². The smallest absolute Gasteiger partial charge is 0.330 e. The highest BCUT2D eigenvalue weighted by atomic mass is 16.5. The Kier molecular flexibility index (Phi) is 7.68. The van der Waals surface area contributed by atoms with E-state index >= 15 is 0 Å². The van der Waals surface area contributed by atoms with Crippen molar-refractivity contribution < 1.29 is 9.53 Å².